The normalized spacial score (nSPS) is 10.8. The van der Waals surface area contributed by atoms with Crippen molar-refractivity contribution in [2.75, 3.05) is 17.2 Å². The first-order chi connectivity index (χ1) is 15.1. The number of aryl methyl sites for hydroxylation is 3. The van der Waals surface area contributed by atoms with Crippen molar-refractivity contribution in [1.29, 1.82) is 0 Å². The molecular weight excluding hydrogens is 388 g/mol. The fourth-order valence-corrected chi connectivity index (χ4v) is 3.62. The predicted molar refractivity (Wildman–Crippen MR) is 125 cm³/mol. The van der Waals surface area contributed by atoms with E-state index in [4.69, 9.17) is 9.72 Å². The van der Waals surface area contributed by atoms with E-state index in [1.807, 2.05) is 74.6 Å². The highest BCUT2D eigenvalue weighted by atomic mass is 16.5. The monoisotopic (exact) mass is 414 g/mol. The Morgan fingerprint density at radius 1 is 0.968 bits per heavy atom. The van der Waals surface area contributed by atoms with Crippen molar-refractivity contribution < 1.29 is 9.53 Å². The molecule has 1 heterocycles. The SMILES string of the molecule is CCOc1ccccc1NC(=O)Nc1cccc(CCc2nc3ccccc3n2C)c1. The van der Waals surface area contributed by atoms with Crippen molar-refractivity contribution in [3.63, 3.8) is 0 Å². The Labute approximate surface area is 181 Å². The predicted octanol–water partition coefficient (Wildman–Crippen LogP) is 5.40. The van der Waals surface area contributed by atoms with Gasteiger partial charge >= 0.3 is 6.03 Å². The van der Waals surface area contributed by atoms with Crippen molar-refractivity contribution in [2.45, 2.75) is 19.8 Å². The number of carbonyl (C=O) groups is 1. The fourth-order valence-electron chi connectivity index (χ4n) is 3.62. The summed E-state index contributed by atoms with van der Waals surface area (Å²) in [4.78, 5) is 17.2. The van der Waals surface area contributed by atoms with Gasteiger partial charge in [0.25, 0.3) is 0 Å². The zero-order valence-electron chi connectivity index (χ0n) is 17.8. The molecule has 6 nitrogen and oxygen atoms in total. The van der Waals surface area contributed by atoms with E-state index in [0.717, 1.165) is 41.0 Å². The number of ether oxygens (including phenoxy) is 1. The number of benzene rings is 3. The minimum absolute atomic E-state index is 0.306. The third-order valence-electron chi connectivity index (χ3n) is 5.14. The molecule has 4 aromatic rings. The number of amides is 2. The number of hydrogen-bond acceptors (Lipinski definition) is 3. The molecule has 0 saturated carbocycles. The molecule has 31 heavy (non-hydrogen) atoms. The number of urea groups is 1. The molecule has 2 amide bonds. The fraction of sp³-hybridized carbons (Fsp3) is 0.200. The van der Waals surface area contributed by atoms with Crippen LogP contribution in [0.25, 0.3) is 11.0 Å². The third kappa shape index (κ3) is 4.86. The lowest BCUT2D eigenvalue weighted by Crippen LogP contribution is -2.20. The molecule has 0 atom stereocenters. The van der Waals surface area contributed by atoms with Gasteiger partial charge in [-0.2, -0.15) is 0 Å². The number of rotatable bonds is 7. The molecule has 0 radical (unpaired) electrons. The van der Waals surface area contributed by atoms with Crippen LogP contribution < -0.4 is 15.4 Å². The molecule has 1 aromatic heterocycles. The van der Waals surface area contributed by atoms with Crippen molar-refractivity contribution in [3.05, 3.63) is 84.2 Å². The van der Waals surface area contributed by atoms with Gasteiger partial charge in [0.2, 0.25) is 0 Å². The topological polar surface area (TPSA) is 68.2 Å². The maximum Gasteiger partial charge on any atom is 0.323 e. The highest BCUT2D eigenvalue weighted by Gasteiger charge is 2.09. The molecule has 0 fully saturated rings. The van der Waals surface area contributed by atoms with Crippen LogP contribution in [0.3, 0.4) is 0 Å². The summed E-state index contributed by atoms with van der Waals surface area (Å²) in [5.41, 5.74) is 4.67. The number of para-hydroxylation sites is 4. The first-order valence-corrected chi connectivity index (χ1v) is 10.4. The van der Waals surface area contributed by atoms with Crippen LogP contribution in [-0.2, 0) is 19.9 Å². The molecule has 4 rings (SSSR count). The Balaban J connectivity index is 1.40. The van der Waals surface area contributed by atoms with E-state index in [-0.39, 0.29) is 6.03 Å². The summed E-state index contributed by atoms with van der Waals surface area (Å²) in [5.74, 6) is 1.70. The Morgan fingerprint density at radius 2 is 1.77 bits per heavy atom. The smallest absolute Gasteiger partial charge is 0.323 e. The van der Waals surface area contributed by atoms with Gasteiger partial charge in [-0.1, -0.05) is 36.4 Å². The van der Waals surface area contributed by atoms with Gasteiger partial charge in [-0.15, -0.1) is 0 Å². The summed E-state index contributed by atoms with van der Waals surface area (Å²) >= 11 is 0. The van der Waals surface area contributed by atoms with Crippen LogP contribution >= 0.6 is 0 Å². The van der Waals surface area contributed by atoms with E-state index in [2.05, 4.69) is 27.3 Å². The van der Waals surface area contributed by atoms with Gasteiger partial charge < -0.3 is 19.9 Å². The zero-order chi connectivity index (χ0) is 21.6. The molecular formula is C25H26N4O2. The first-order valence-electron chi connectivity index (χ1n) is 10.4. The third-order valence-corrected chi connectivity index (χ3v) is 5.14. The summed E-state index contributed by atoms with van der Waals surface area (Å²) < 4.78 is 7.70. The molecule has 0 aliphatic rings. The summed E-state index contributed by atoms with van der Waals surface area (Å²) in [6, 6.07) is 23.1. The lowest BCUT2D eigenvalue weighted by Gasteiger charge is -2.12. The molecule has 3 aromatic carbocycles. The van der Waals surface area contributed by atoms with Gasteiger partial charge in [-0.05, 0) is 55.3 Å². The van der Waals surface area contributed by atoms with Crippen LogP contribution in [0.2, 0.25) is 0 Å². The van der Waals surface area contributed by atoms with Gasteiger partial charge in [0.1, 0.15) is 11.6 Å². The van der Waals surface area contributed by atoms with Crippen molar-refractivity contribution >= 4 is 28.4 Å². The van der Waals surface area contributed by atoms with E-state index in [1.165, 1.54) is 0 Å². The van der Waals surface area contributed by atoms with Crippen LogP contribution in [0.1, 0.15) is 18.3 Å². The quantitative estimate of drug-likeness (QED) is 0.425. The van der Waals surface area contributed by atoms with E-state index < -0.39 is 0 Å². The molecule has 0 spiro atoms. The lowest BCUT2D eigenvalue weighted by molar-refractivity contribution is 0.262. The number of anilines is 2. The van der Waals surface area contributed by atoms with Crippen molar-refractivity contribution in [1.82, 2.24) is 9.55 Å². The van der Waals surface area contributed by atoms with E-state index in [0.29, 0.717) is 18.0 Å². The minimum Gasteiger partial charge on any atom is -0.492 e. The van der Waals surface area contributed by atoms with Crippen LogP contribution in [0.4, 0.5) is 16.2 Å². The molecule has 0 aliphatic heterocycles. The zero-order valence-corrected chi connectivity index (χ0v) is 17.8. The first kappa shape index (κ1) is 20.5. The highest BCUT2D eigenvalue weighted by Crippen LogP contribution is 2.24. The average Bonchev–Trinajstić information content (AvgIpc) is 3.10. The molecule has 0 unspecified atom stereocenters. The van der Waals surface area contributed by atoms with Gasteiger partial charge in [0, 0.05) is 19.2 Å². The largest absolute Gasteiger partial charge is 0.492 e. The maximum atomic E-state index is 12.5. The number of nitrogens with zero attached hydrogens (tertiary/aromatic N) is 2. The molecule has 158 valence electrons. The van der Waals surface area contributed by atoms with Gasteiger partial charge in [-0.25, -0.2) is 9.78 Å². The van der Waals surface area contributed by atoms with E-state index in [1.54, 1.807) is 0 Å². The summed E-state index contributed by atoms with van der Waals surface area (Å²) in [7, 11) is 2.05. The minimum atomic E-state index is -0.306. The molecule has 6 heteroatoms. The average molecular weight is 415 g/mol. The van der Waals surface area contributed by atoms with Crippen molar-refractivity contribution in [2.24, 2.45) is 7.05 Å². The number of hydrogen-bond donors (Lipinski definition) is 2. The number of imidazole rings is 1. The Hall–Kier alpha value is -3.80. The van der Waals surface area contributed by atoms with Crippen LogP contribution in [0.5, 0.6) is 5.75 Å². The second-order valence-electron chi connectivity index (χ2n) is 7.28. The second kappa shape index (κ2) is 9.34. The van der Waals surface area contributed by atoms with E-state index >= 15 is 0 Å². The summed E-state index contributed by atoms with van der Waals surface area (Å²) in [6.45, 7) is 2.45. The summed E-state index contributed by atoms with van der Waals surface area (Å²) in [5, 5.41) is 5.76. The number of nitrogens with one attached hydrogen (secondary N) is 2. The van der Waals surface area contributed by atoms with E-state index in [9.17, 15) is 4.79 Å². The van der Waals surface area contributed by atoms with Crippen LogP contribution in [0.15, 0.2) is 72.8 Å². The Kier molecular flexibility index (Phi) is 6.17. The summed E-state index contributed by atoms with van der Waals surface area (Å²) in [6.07, 6.45) is 1.66. The van der Waals surface area contributed by atoms with Gasteiger partial charge in [-0.3, -0.25) is 0 Å². The second-order valence-corrected chi connectivity index (χ2v) is 7.28. The van der Waals surface area contributed by atoms with Gasteiger partial charge in [0.05, 0.1) is 23.3 Å². The lowest BCUT2D eigenvalue weighted by atomic mass is 10.1. The number of carbonyl (C=O) groups excluding carboxylic acids is 1. The van der Waals surface area contributed by atoms with Crippen LogP contribution in [-0.4, -0.2) is 22.2 Å². The molecule has 2 N–H and O–H groups in total. The van der Waals surface area contributed by atoms with Crippen molar-refractivity contribution in [3.8, 4) is 5.75 Å². The number of aromatic nitrogens is 2. The van der Waals surface area contributed by atoms with Crippen LogP contribution in [0, 0.1) is 0 Å². The molecule has 0 bridgehead atoms. The molecule has 0 aliphatic carbocycles. The maximum absolute atomic E-state index is 12.5. The molecule has 0 saturated heterocycles. The highest BCUT2D eigenvalue weighted by molar-refractivity contribution is 6.00. The Bertz CT molecular complexity index is 1200. The number of fused-ring (bicyclic) bond motifs is 1. The standard InChI is InChI=1S/C25H26N4O2/c1-3-31-23-14-7-5-12-21(23)28-25(30)26-19-10-8-9-18(17-19)15-16-24-27-20-11-4-6-13-22(20)29(24)2/h4-14,17H,3,15-16H2,1-2H3,(H2,26,28,30). The Morgan fingerprint density at radius 3 is 2.61 bits per heavy atom. The van der Waals surface area contributed by atoms with Gasteiger partial charge in [0.15, 0.2) is 0 Å².